The largest absolute Gasteiger partial charge is 0.478 e. The maximum atomic E-state index is 10.6. The molecule has 0 aliphatic heterocycles. The molecule has 4 nitrogen and oxygen atoms in total. The molecule has 0 heterocycles. The quantitative estimate of drug-likeness (QED) is 0.611. The van der Waals surface area contributed by atoms with Crippen LogP contribution >= 0.6 is 0 Å². The third-order valence-corrected chi connectivity index (χ3v) is 1.43. The number of carboxylic acids is 2. The van der Waals surface area contributed by atoms with Gasteiger partial charge in [-0.2, -0.15) is 0 Å². The summed E-state index contributed by atoms with van der Waals surface area (Å²) in [6.07, 6.45) is 5.23. The molecule has 4 heteroatoms. The average Bonchev–Trinajstić information content (AvgIpc) is 2.27. The Bertz CT molecular complexity index is 378. The molecule has 2 N–H and O–H groups in total. The van der Waals surface area contributed by atoms with E-state index in [-0.39, 0.29) is 11.1 Å². The molecule has 1 aliphatic carbocycles. The van der Waals surface area contributed by atoms with Crippen LogP contribution in [0.5, 0.6) is 0 Å². The predicted molar refractivity (Wildman–Crippen MR) is 44.1 cm³/mol. The smallest absolute Gasteiger partial charge is 0.337 e. The van der Waals surface area contributed by atoms with Gasteiger partial charge in [-0.05, 0) is 18.2 Å². The first-order valence-corrected chi connectivity index (χ1v) is 3.43. The predicted octanol–water partition coefficient (Wildman–Crippen LogP) is 0.733. The molecule has 0 saturated heterocycles. The average molecular weight is 178 g/mol. The highest BCUT2D eigenvalue weighted by Crippen LogP contribution is 2.10. The first-order valence-electron chi connectivity index (χ1n) is 3.43. The number of rotatable bonds is 2. The number of carboxylic acid groups (broad SMARTS) is 2. The van der Waals surface area contributed by atoms with Crippen molar-refractivity contribution in [2.24, 2.45) is 0 Å². The number of hydrogen-bond acceptors (Lipinski definition) is 2. The fourth-order valence-electron chi connectivity index (χ4n) is 0.862. The summed E-state index contributed by atoms with van der Waals surface area (Å²) in [5.74, 6) is -2.54. The molecule has 0 bridgehead atoms. The molecule has 0 aromatic carbocycles. The van der Waals surface area contributed by atoms with Crippen LogP contribution in [0.15, 0.2) is 41.2 Å². The van der Waals surface area contributed by atoms with Crippen molar-refractivity contribution in [1.29, 1.82) is 0 Å². The van der Waals surface area contributed by atoms with Crippen molar-refractivity contribution in [3.05, 3.63) is 41.2 Å². The van der Waals surface area contributed by atoms with Crippen molar-refractivity contribution in [3.8, 4) is 0 Å². The maximum Gasteiger partial charge on any atom is 0.337 e. The van der Waals surface area contributed by atoms with E-state index in [0.29, 0.717) is 0 Å². The van der Waals surface area contributed by atoms with Crippen molar-refractivity contribution in [2.75, 3.05) is 0 Å². The summed E-state index contributed by atoms with van der Waals surface area (Å²) in [6, 6.07) is 0. The van der Waals surface area contributed by atoms with E-state index in [2.05, 4.69) is 5.73 Å². The molecule has 13 heavy (non-hydrogen) atoms. The Kier molecular flexibility index (Phi) is 2.47. The molecule has 0 spiro atoms. The van der Waals surface area contributed by atoms with Gasteiger partial charge in [-0.15, -0.1) is 5.73 Å². The van der Waals surface area contributed by atoms with E-state index in [1.807, 2.05) is 0 Å². The van der Waals surface area contributed by atoms with Crippen molar-refractivity contribution < 1.29 is 19.8 Å². The lowest BCUT2D eigenvalue weighted by Crippen LogP contribution is -2.07. The van der Waals surface area contributed by atoms with E-state index < -0.39 is 11.9 Å². The number of aliphatic carboxylic acids is 2. The van der Waals surface area contributed by atoms with Gasteiger partial charge in [0, 0.05) is 0 Å². The minimum absolute atomic E-state index is 0.242. The lowest BCUT2D eigenvalue weighted by atomic mass is 10.1. The maximum absolute atomic E-state index is 10.6. The molecule has 1 rings (SSSR count). The first kappa shape index (κ1) is 9.03. The highest BCUT2D eigenvalue weighted by Gasteiger charge is 2.15. The minimum atomic E-state index is -1.27. The second-order valence-corrected chi connectivity index (χ2v) is 2.27. The number of allylic oxidation sites excluding steroid dienone is 1. The van der Waals surface area contributed by atoms with Crippen LogP contribution in [0.1, 0.15) is 0 Å². The van der Waals surface area contributed by atoms with Gasteiger partial charge in [-0.1, -0.05) is 6.08 Å². The normalized spacial score (nSPS) is 14.5. The van der Waals surface area contributed by atoms with Gasteiger partial charge in [-0.3, -0.25) is 0 Å². The van der Waals surface area contributed by atoms with Gasteiger partial charge in [0.2, 0.25) is 0 Å². The van der Waals surface area contributed by atoms with Gasteiger partial charge < -0.3 is 10.2 Å². The third kappa shape index (κ3) is 1.95. The van der Waals surface area contributed by atoms with Gasteiger partial charge in [0.1, 0.15) is 0 Å². The number of carbonyl (C=O) groups is 2. The van der Waals surface area contributed by atoms with Crippen LogP contribution in [0.2, 0.25) is 0 Å². The Balaban J connectivity index is 3.31. The van der Waals surface area contributed by atoms with Crippen LogP contribution in [-0.2, 0) is 9.59 Å². The Morgan fingerprint density at radius 3 is 2.31 bits per heavy atom. The molecular weight excluding hydrogens is 172 g/mol. The molecule has 66 valence electrons. The van der Waals surface area contributed by atoms with E-state index >= 15 is 0 Å². The van der Waals surface area contributed by atoms with E-state index in [4.69, 9.17) is 10.2 Å². The van der Waals surface area contributed by atoms with Gasteiger partial charge in [0.05, 0.1) is 11.1 Å². The van der Waals surface area contributed by atoms with E-state index in [1.165, 1.54) is 18.2 Å². The van der Waals surface area contributed by atoms with Crippen LogP contribution < -0.4 is 0 Å². The summed E-state index contributed by atoms with van der Waals surface area (Å²) < 4.78 is 0. The minimum Gasteiger partial charge on any atom is -0.478 e. The molecule has 1 aliphatic rings. The van der Waals surface area contributed by atoms with Gasteiger partial charge >= 0.3 is 11.9 Å². The fourth-order valence-corrected chi connectivity index (χ4v) is 0.862. The summed E-state index contributed by atoms with van der Waals surface area (Å²) in [5.41, 5.74) is 2.02. The molecule has 0 unspecified atom stereocenters. The van der Waals surface area contributed by atoms with Crippen LogP contribution in [0.3, 0.4) is 0 Å². The molecule has 0 atom stereocenters. The molecule has 0 aromatic rings. The summed E-state index contributed by atoms with van der Waals surface area (Å²) in [4.78, 5) is 21.2. The molecule has 0 fully saturated rings. The first-order chi connectivity index (χ1) is 6.13. The topological polar surface area (TPSA) is 74.6 Å². The Hall–Kier alpha value is -2.06. The van der Waals surface area contributed by atoms with Crippen molar-refractivity contribution in [3.63, 3.8) is 0 Å². The van der Waals surface area contributed by atoms with Gasteiger partial charge in [-0.25, -0.2) is 9.59 Å². The van der Waals surface area contributed by atoms with E-state index in [1.54, 1.807) is 0 Å². The number of hydrogen-bond donors (Lipinski definition) is 2. The lowest BCUT2D eigenvalue weighted by Gasteiger charge is -1.97. The Morgan fingerprint density at radius 2 is 1.77 bits per heavy atom. The van der Waals surface area contributed by atoms with Crippen molar-refractivity contribution >= 4 is 11.9 Å². The summed E-state index contributed by atoms with van der Waals surface area (Å²) in [5, 5.41) is 17.3. The van der Waals surface area contributed by atoms with Crippen molar-refractivity contribution in [1.82, 2.24) is 0 Å². The second-order valence-electron chi connectivity index (χ2n) is 2.27. The standard InChI is InChI=1S/C9H6O4/c10-8(11)6-4-2-1-3-5-7(6)9(12)13/h1-2,4-5H,(H,10,11)(H,12,13). The highest BCUT2D eigenvalue weighted by molar-refractivity contribution is 6.02. The molecular formula is C9H6O4. The van der Waals surface area contributed by atoms with Gasteiger partial charge in [0.25, 0.3) is 0 Å². The Morgan fingerprint density at radius 1 is 1.15 bits per heavy atom. The highest BCUT2D eigenvalue weighted by atomic mass is 16.4. The van der Waals surface area contributed by atoms with Crippen LogP contribution in [0.4, 0.5) is 0 Å². The van der Waals surface area contributed by atoms with Crippen LogP contribution in [0.25, 0.3) is 0 Å². The summed E-state index contributed by atoms with van der Waals surface area (Å²) in [6.45, 7) is 0. The zero-order chi connectivity index (χ0) is 9.84. The zero-order valence-corrected chi connectivity index (χ0v) is 6.52. The third-order valence-electron chi connectivity index (χ3n) is 1.43. The van der Waals surface area contributed by atoms with Gasteiger partial charge in [0.15, 0.2) is 0 Å². The van der Waals surface area contributed by atoms with E-state index in [9.17, 15) is 9.59 Å². The van der Waals surface area contributed by atoms with Crippen LogP contribution in [-0.4, -0.2) is 22.2 Å². The SMILES string of the molecule is O=C(O)C1=C(C(=O)O)C=CC=C=C1. The van der Waals surface area contributed by atoms with E-state index in [0.717, 1.165) is 6.08 Å². The summed E-state index contributed by atoms with van der Waals surface area (Å²) in [7, 11) is 0. The molecule has 0 aromatic heterocycles. The Labute approximate surface area is 73.8 Å². The monoisotopic (exact) mass is 178 g/mol. The lowest BCUT2D eigenvalue weighted by molar-refractivity contribution is -0.135. The molecule has 0 radical (unpaired) electrons. The summed E-state index contributed by atoms with van der Waals surface area (Å²) >= 11 is 0. The van der Waals surface area contributed by atoms with Crippen molar-refractivity contribution in [2.45, 2.75) is 0 Å². The molecule has 0 saturated carbocycles. The molecule has 0 amide bonds. The van der Waals surface area contributed by atoms with Crippen LogP contribution in [0, 0.1) is 0 Å². The second kappa shape index (κ2) is 3.56. The fraction of sp³-hybridized carbons (Fsp3) is 0. The zero-order valence-electron chi connectivity index (χ0n) is 6.52.